The Kier molecular flexibility index (Phi) is 7.51. The van der Waals surface area contributed by atoms with Crippen LogP contribution in [0.5, 0.6) is 0 Å². The zero-order valence-electron chi connectivity index (χ0n) is 14.7. The van der Waals surface area contributed by atoms with Gasteiger partial charge >= 0.3 is 5.97 Å². The lowest BCUT2D eigenvalue weighted by molar-refractivity contribution is -0.120. The first-order chi connectivity index (χ1) is 12.9. The lowest BCUT2D eigenvalue weighted by Gasteiger charge is -2.09. The molecule has 0 saturated heterocycles. The molecule has 0 heterocycles. The summed E-state index contributed by atoms with van der Waals surface area (Å²) in [6, 6.07) is 15.6. The first kappa shape index (κ1) is 20.6. The van der Waals surface area contributed by atoms with Crippen LogP contribution in [0.4, 0.5) is 0 Å². The minimum atomic E-state index is -3.50. The van der Waals surface area contributed by atoms with Crippen LogP contribution < -0.4 is 10.0 Å². The third kappa shape index (κ3) is 7.20. The van der Waals surface area contributed by atoms with Gasteiger partial charge < -0.3 is 10.4 Å². The zero-order valence-corrected chi connectivity index (χ0v) is 15.5. The second-order valence-electron chi connectivity index (χ2n) is 5.94. The van der Waals surface area contributed by atoms with Crippen LogP contribution in [-0.2, 0) is 27.8 Å². The molecule has 0 aliphatic rings. The minimum absolute atomic E-state index is 0.0104. The molecule has 0 saturated carbocycles. The van der Waals surface area contributed by atoms with Crippen molar-refractivity contribution in [2.75, 3.05) is 12.3 Å². The molecule has 0 aliphatic carbocycles. The Labute approximate surface area is 158 Å². The molecule has 0 bridgehead atoms. The zero-order chi connectivity index (χ0) is 19.7. The molecule has 0 aromatic heterocycles. The first-order valence-electron chi connectivity index (χ1n) is 8.46. The molecule has 0 atom stereocenters. The number of hydrogen-bond acceptors (Lipinski definition) is 4. The third-order valence-electron chi connectivity index (χ3n) is 3.90. The number of amides is 1. The number of nitrogens with one attached hydrogen (secondary N) is 2. The molecule has 144 valence electrons. The number of carboxylic acids is 1. The van der Waals surface area contributed by atoms with Crippen LogP contribution in [-0.4, -0.2) is 37.7 Å². The molecular formula is C19H22N2O5S. The number of benzene rings is 2. The monoisotopic (exact) mass is 390 g/mol. The summed E-state index contributed by atoms with van der Waals surface area (Å²) in [6.45, 7) is 0.187. The van der Waals surface area contributed by atoms with Gasteiger partial charge in [-0.25, -0.2) is 17.9 Å². The molecule has 0 aliphatic heterocycles. The van der Waals surface area contributed by atoms with Crippen molar-refractivity contribution < 1.29 is 23.1 Å². The largest absolute Gasteiger partial charge is 0.478 e. The SMILES string of the molecule is O=C(CCc1ccccc1C(=O)O)NCCS(=O)(=O)NCc1ccccc1. The van der Waals surface area contributed by atoms with Gasteiger partial charge in [0.25, 0.3) is 0 Å². The summed E-state index contributed by atoms with van der Waals surface area (Å²) in [4.78, 5) is 23.0. The molecule has 0 unspecified atom stereocenters. The van der Waals surface area contributed by atoms with Gasteiger partial charge in [0.15, 0.2) is 0 Å². The summed E-state index contributed by atoms with van der Waals surface area (Å²) < 4.78 is 26.4. The number of aromatic carboxylic acids is 1. The highest BCUT2D eigenvalue weighted by atomic mass is 32.2. The Hall–Kier alpha value is -2.71. The van der Waals surface area contributed by atoms with E-state index in [-0.39, 0.29) is 43.2 Å². The van der Waals surface area contributed by atoms with Crippen LogP contribution in [0.3, 0.4) is 0 Å². The van der Waals surface area contributed by atoms with Gasteiger partial charge in [0.2, 0.25) is 15.9 Å². The molecule has 1 amide bonds. The van der Waals surface area contributed by atoms with Crippen LogP contribution in [0.15, 0.2) is 54.6 Å². The summed E-state index contributed by atoms with van der Waals surface area (Å²) in [7, 11) is -3.50. The Morgan fingerprint density at radius 1 is 0.963 bits per heavy atom. The second kappa shape index (κ2) is 9.84. The van der Waals surface area contributed by atoms with E-state index in [4.69, 9.17) is 5.11 Å². The van der Waals surface area contributed by atoms with Crippen molar-refractivity contribution in [3.63, 3.8) is 0 Å². The van der Waals surface area contributed by atoms with Crippen molar-refractivity contribution in [3.8, 4) is 0 Å². The normalized spacial score (nSPS) is 11.1. The van der Waals surface area contributed by atoms with Gasteiger partial charge in [-0.1, -0.05) is 48.5 Å². The molecule has 2 aromatic carbocycles. The predicted molar refractivity (Wildman–Crippen MR) is 102 cm³/mol. The topological polar surface area (TPSA) is 113 Å². The fourth-order valence-electron chi connectivity index (χ4n) is 2.47. The molecule has 0 fully saturated rings. The number of sulfonamides is 1. The van der Waals surface area contributed by atoms with E-state index in [0.717, 1.165) is 5.56 Å². The summed E-state index contributed by atoms with van der Waals surface area (Å²) in [5, 5.41) is 11.7. The summed E-state index contributed by atoms with van der Waals surface area (Å²) in [6.07, 6.45) is 0.356. The Balaban J connectivity index is 1.73. The molecule has 2 rings (SSSR count). The van der Waals surface area contributed by atoms with Crippen LogP contribution >= 0.6 is 0 Å². The van der Waals surface area contributed by atoms with Gasteiger partial charge in [-0.15, -0.1) is 0 Å². The number of carboxylic acid groups (broad SMARTS) is 1. The Morgan fingerprint density at radius 2 is 1.63 bits per heavy atom. The molecule has 2 aromatic rings. The molecular weight excluding hydrogens is 368 g/mol. The summed E-state index contributed by atoms with van der Waals surface area (Å²) in [5.74, 6) is -1.59. The number of hydrogen-bond donors (Lipinski definition) is 3. The lowest BCUT2D eigenvalue weighted by Crippen LogP contribution is -2.34. The van der Waals surface area contributed by atoms with E-state index in [1.54, 1.807) is 18.2 Å². The van der Waals surface area contributed by atoms with Gasteiger partial charge in [-0.2, -0.15) is 0 Å². The third-order valence-corrected chi connectivity index (χ3v) is 5.23. The van der Waals surface area contributed by atoms with E-state index < -0.39 is 16.0 Å². The maximum atomic E-state index is 12.0. The second-order valence-corrected chi connectivity index (χ2v) is 7.86. The Morgan fingerprint density at radius 3 is 2.33 bits per heavy atom. The molecule has 8 heteroatoms. The van der Waals surface area contributed by atoms with Crippen molar-refractivity contribution in [2.45, 2.75) is 19.4 Å². The molecule has 0 radical (unpaired) electrons. The van der Waals surface area contributed by atoms with Gasteiger partial charge in [0.05, 0.1) is 11.3 Å². The van der Waals surface area contributed by atoms with E-state index in [1.807, 2.05) is 30.3 Å². The van der Waals surface area contributed by atoms with Crippen molar-refractivity contribution in [1.82, 2.24) is 10.0 Å². The van der Waals surface area contributed by atoms with Gasteiger partial charge in [-0.3, -0.25) is 4.79 Å². The highest BCUT2D eigenvalue weighted by molar-refractivity contribution is 7.89. The number of aryl methyl sites for hydroxylation is 1. The van der Waals surface area contributed by atoms with Gasteiger partial charge in [0.1, 0.15) is 0 Å². The summed E-state index contributed by atoms with van der Waals surface area (Å²) in [5.41, 5.74) is 1.58. The van der Waals surface area contributed by atoms with E-state index in [9.17, 15) is 18.0 Å². The smallest absolute Gasteiger partial charge is 0.335 e. The minimum Gasteiger partial charge on any atom is -0.478 e. The predicted octanol–water partition coefficient (Wildman–Crippen LogP) is 1.55. The van der Waals surface area contributed by atoms with E-state index in [0.29, 0.717) is 5.56 Å². The molecule has 7 nitrogen and oxygen atoms in total. The first-order valence-corrected chi connectivity index (χ1v) is 10.1. The fraction of sp³-hybridized carbons (Fsp3) is 0.263. The van der Waals surface area contributed by atoms with Crippen LogP contribution in [0.1, 0.15) is 27.9 Å². The van der Waals surface area contributed by atoms with E-state index >= 15 is 0 Å². The number of carbonyl (C=O) groups is 2. The van der Waals surface area contributed by atoms with E-state index in [2.05, 4.69) is 10.0 Å². The lowest BCUT2D eigenvalue weighted by atomic mass is 10.0. The maximum absolute atomic E-state index is 12.0. The highest BCUT2D eigenvalue weighted by Crippen LogP contribution is 2.11. The van der Waals surface area contributed by atoms with Crippen molar-refractivity contribution in [2.24, 2.45) is 0 Å². The quantitative estimate of drug-likeness (QED) is 0.570. The van der Waals surface area contributed by atoms with Crippen LogP contribution in [0, 0.1) is 0 Å². The average molecular weight is 390 g/mol. The standard InChI is InChI=1S/C19H22N2O5S/c22-18(11-10-16-8-4-5-9-17(16)19(23)24)20-12-13-27(25,26)21-14-15-6-2-1-3-7-15/h1-9,21H,10-14H2,(H,20,22)(H,23,24). The highest BCUT2D eigenvalue weighted by Gasteiger charge is 2.13. The average Bonchev–Trinajstić information content (AvgIpc) is 2.65. The maximum Gasteiger partial charge on any atom is 0.335 e. The molecule has 27 heavy (non-hydrogen) atoms. The van der Waals surface area contributed by atoms with Gasteiger partial charge in [-0.05, 0) is 23.6 Å². The van der Waals surface area contributed by atoms with Crippen molar-refractivity contribution in [1.29, 1.82) is 0 Å². The van der Waals surface area contributed by atoms with Gasteiger partial charge in [0, 0.05) is 19.5 Å². The van der Waals surface area contributed by atoms with Crippen LogP contribution in [0.25, 0.3) is 0 Å². The van der Waals surface area contributed by atoms with E-state index in [1.165, 1.54) is 6.07 Å². The van der Waals surface area contributed by atoms with Crippen molar-refractivity contribution in [3.05, 3.63) is 71.3 Å². The molecule has 0 spiro atoms. The number of carbonyl (C=O) groups excluding carboxylic acids is 1. The van der Waals surface area contributed by atoms with Crippen molar-refractivity contribution >= 4 is 21.9 Å². The Bertz CT molecular complexity index is 882. The fourth-order valence-corrected chi connectivity index (χ4v) is 3.37. The molecule has 3 N–H and O–H groups in total. The summed E-state index contributed by atoms with van der Waals surface area (Å²) >= 11 is 0. The van der Waals surface area contributed by atoms with Crippen LogP contribution in [0.2, 0.25) is 0 Å². The number of rotatable bonds is 10.